The van der Waals surface area contributed by atoms with Crippen LogP contribution in [-0.2, 0) is 4.79 Å². The van der Waals surface area contributed by atoms with E-state index in [2.05, 4.69) is 5.32 Å². The van der Waals surface area contributed by atoms with Gasteiger partial charge in [0.05, 0.1) is 6.42 Å². The summed E-state index contributed by atoms with van der Waals surface area (Å²) in [4.78, 5) is 22.6. The Labute approximate surface area is 111 Å². The number of aryl methyl sites for hydroxylation is 1. The predicted octanol–water partition coefficient (Wildman–Crippen LogP) is 2.63. The topological polar surface area (TPSA) is 66.4 Å². The molecule has 0 aliphatic rings. The summed E-state index contributed by atoms with van der Waals surface area (Å²) in [5.74, 6) is -1.26. The van der Waals surface area contributed by atoms with E-state index < -0.39 is 11.5 Å². The molecule has 0 saturated heterocycles. The van der Waals surface area contributed by atoms with Crippen molar-refractivity contribution in [2.24, 2.45) is 0 Å². The first kappa shape index (κ1) is 14.5. The largest absolute Gasteiger partial charge is 0.481 e. The first-order valence-electron chi connectivity index (χ1n) is 5.52. The number of carboxylic acid groups (broad SMARTS) is 1. The van der Waals surface area contributed by atoms with Crippen LogP contribution in [-0.4, -0.2) is 22.5 Å². The van der Waals surface area contributed by atoms with Gasteiger partial charge < -0.3 is 10.4 Å². The van der Waals surface area contributed by atoms with Crippen LogP contribution in [0.1, 0.15) is 36.2 Å². The second-order valence-corrected chi connectivity index (χ2v) is 5.28. The van der Waals surface area contributed by atoms with Crippen molar-refractivity contribution in [3.8, 4) is 0 Å². The number of hydrogen-bond donors (Lipinski definition) is 2. The smallest absolute Gasteiger partial charge is 0.305 e. The van der Waals surface area contributed by atoms with Crippen LogP contribution < -0.4 is 5.32 Å². The highest BCUT2D eigenvalue weighted by molar-refractivity contribution is 6.31. The summed E-state index contributed by atoms with van der Waals surface area (Å²) in [5.41, 5.74) is 0.479. The fourth-order valence-electron chi connectivity index (χ4n) is 1.59. The summed E-state index contributed by atoms with van der Waals surface area (Å²) in [6, 6.07) is 4.94. The third-order valence-electron chi connectivity index (χ3n) is 2.47. The van der Waals surface area contributed by atoms with Gasteiger partial charge in [0.25, 0.3) is 5.91 Å². The molecule has 1 rings (SSSR count). The Balaban J connectivity index is 2.82. The molecule has 1 aromatic carbocycles. The number of rotatable bonds is 4. The molecular weight excluding hydrogens is 254 g/mol. The minimum Gasteiger partial charge on any atom is -0.481 e. The number of carboxylic acids is 1. The Morgan fingerprint density at radius 1 is 1.39 bits per heavy atom. The summed E-state index contributed by atoms with van der Waals surface area (Å²) >= 11 is 5.88. The van der Waals surface area contributed by atoms with Crippen LogP contribution in [0.15, 0.2) is 18.2 Å². The maximum Gasteiger partial charge on any atom is 0.305 e. The predicted molar refractivity (Wildman–Crippen MR) is 70.0 cm³/mol. The van der Waals surface area contributed by atoms with Crippen LogP contribution in [0.5, 0.6) is 0 Å². The van der Waals surface area contributed by atoms with E-state index in [-0.39, 0.29) is 12.3 Å². The Morgan fingerprint density at radius 2 is 2.00 bits per heavy atom. The molecule has 0 radical (unpaired) electrons. The molecule has 0 aromatic heterocycles. The standard InChI is InChI=1S/C13H16ClNO3/c1-8-6-9(4-5-10(8)14)12(18)15-13(2,3)7-11(16)17/h4-6H,7H2,1-3H3,(H,15,18)(H,16,17). The number of carbonyl (C=O) groups excluding carboxylic acids is 1. The Bertz CT molecular complexity index is 483. The quantitative estimate of drug-likeness (QED) is 0.883. The minimum absolute atomic E-state index is 0.134. The summed E-state index contributed by atoms with van der Waals surface area (Å²) in [6.45, 7) is 5.14. The summed E-state index contributed by atoms with van der Waals surface area (Å²) in [5, 5.41) is 12.0. The summed E-state index contributed by atoms with van der Waals surface area (Å²) in [6.07, 6.45) is -0.134. The molecule has 0 bridgehead atoms. The molecule has 0 spiro atoms. The van der Waals surface area contributed by atoms with Gasteiger partial charge in [-0.1, -0.05) is 11.6 Å². The van der Waals surface area contributed by atoms with E-state index in [1.54, 1.807) is 32.0 Å². The Morgan fingerprint density at radius 3 is 2.50 bits per heavy atom. The van der Waals surface area contributed by atoms with E-state index in [1.165, 1.54) is 0 Å². The van der Waals surface area contributed by atoms with Crippen LogP contribution in [0, 0.1) is 6.92 Å². The van der Waals surface area contributed by atoms with Crippen molar-refractivity contribution in [3.63, 3.8) is 0 Å². The molecule has 0 aliphatic carbocycles. The third-order valence-corrected chi connectivity index (χ3v) is 2.89. The fourth-order valence-corrected chi connectivity index (χ4v) is 1.71. The molecule has 5 heteroatoms. The average molecular weight is 270 g/mol. The van der Waals surface area contributed by atoms with E-state index in [1.807, 2.05) is 6.92 Å². The van der Waals surface area contributed by atoms with Crippen molar-refractivity contribution in [1.82, 2.24) is 5.32 Å². The average Bonchev–Trinajstić information content (AvgIpc) is 2.19. The molecule has 0 heterocycles. The third kappa shape index (κ3) is 4.04. The van der Waals surface area contributed by atoms with Crippen LogP contribution >= 0.6 is 11.6 Å². The number of halogens is 1. The molecule has 2 N–H and O–H groups in total. The lowest BCUT2D eigenvalue weighted by molar-refractivity contribution is -0.138. The van der Waals surface area contributed by atoms with Crippen LogP contribution in [0.25, 0.3) is 0 Å². The van der Waals surface area contributed by atoms with Gasteiger partial charge in [0, 0.05) is 16.1 Å². The number of aliphatic carboxylic acids is 1. The van der Waals surface area contributed by atoms with Gasteiger partial charge in [-0.25, -0.2) is 0 Å². The van der Waals surface area contributed by atoms with Crippen LogP contribution in [0.2, 0.25) is 5.02 Å². The molecule has 0 atom stereocenters. The van der Waals surface area contributed by atoms with E-state index in [0.717, 1.165) is 5.56 Å². The number of amides is 1. The molecule has 1 amide bonds. The van der Waals surface area contributed by atoms with Crippen LogP contribution in [0.4, 0.5) is 0 Å². The molecule has 98 valence electrons. The van der Waals surface area contributed by atoms with Gasteiger partial charge in [-0.05, 0) is 44.5 Å². The van der Waals surface area contributed by atoms with Gasteiger partial charge in [0.1, 0.15) is 0 Å². The minimum atomic E-state index is -0.951. The van der Waals surface area contributed by atoms with Crippen molar-refractivity contribution < 1.29 is 14.7 Å². The molecule has 1 aromatic rings. The van der Waals surface area contributed by atoms with Crippen molar-refractivity contribution in [1.29, 1.82) is 0 Å². The second-order valence-electron chi connectivity index (χ2n) is 4.87. The van der Waals surface area contributed by atoms with Gasteiger partial charge >= 0.3 is 5.97 Å². The zero-order chi connectivity index (χ0) is 13.9. The lowest BCUT2D eigenvalue weighted by atomic mass is 10.00. The van der Waals surface area contributed by atoms with E-state index in [4.69, 9.17) is 16.7 Å². The first-order valence-corrected chi connectivity index (χ1v) is 5.89. The molecule has 0 fully saturated rings. The monoisotopic (exact) mass is 269 g/mol. The number of hydrogen-bond acceptors (Lipinski definition) is 2. The Kier molecular flexibility index (Phi) is 4.35. The molecular formula is C13H16ClNO3. The van der Waals surface area contributed by atoms with Gasteiger partial charge in [-0.15, -0.1) is 0 Å². The van der Waals surface area contributed by atoms with Crippen molar-refractivity contribution in [2.45, 2.75) is 32.7 Å². The normalized spacial score (nSPS) is 11.1. The van der Waals surface area contributed by atoms with E-state index in [0.29, 0.717) is 10.6 Å². The first-order chi connectivity index (χ1) is 8.21. The Hall–Kier alpha value is -1.55. The van der Waals surface area contributed by atoms with Gasteiger partial charge in [-0.3, -0.25) is 9.59 Å². The maximum atomic E-state index is 12.0. The highest BCUT2D eigenvalue weighted by atomic mass is 35.5. The lowest BCUT2D eigenvalue weighted by Crippen LogP contribution is -2.44. The maximum absolute atomic E-state index is 12.0. The highest BCUT2D eigenvalue weighted by Crippen LogP contribution is 2.17. The molecule has 0 unspecified atom stereocenters. The number of nitrogens with one attached hydrogen (secondary N) is 1. The highest BCUT2D eigenvalue weighted by Gasteiger charge is 2.24. The van der Waals surface area contributed by atoms with Gasteiger partial charge in [-0.2, -0.15) is 0 Å². The van der Waals surface area contributed by atoms with Crippen molar-refractivity contribution in [3.05, 3.63) is 34.3 Å². The SMILES string of the molecule is Cc1cc(C(=O)NC(C)(C)CC(=O)O)ccc1Cl. The van der Waals surface area contributed by atoms with Crippen molar-refractivity contribution >= 4 is 23.5 Å². The summed E-state index contributed by atoms with van der Waals surface area (Å²) < 4.78 is 0. The summed E-state index contributed by atoms with van der Waals surface area (Å²) in [7, 11) is 0. The fraction of sp³-hybridized carbons (Fsp3) is 0.385. The number of benzene rings is 1. The molecule has 18 heavy (non-hydrogen) atoms. The van der Waals surface area contributed by atoms with E-state index in [9.17, 15) is 9.59 Å². The van der Waals surface area contributed by atoms with E-state index >= 15 is 0 Å². The second kappa shape index (κ2) is 5.40. The zero-order valence-corrected chi connectivity index (χ0v) is 11.3. The molecule has 0 aliphatic heterocycles. The zero-order valence-electron chi connectivity index (χ0n) is 10.6. The van der Waals surface area contributed by atoms with Gasteiger partial charge in [0.15, 0.2) is 0 Å². The van der Waals surface area contributed by atoms with Crippen LogP contribution in [0.3, 0.4) is 0 Å². The lowest BCUT2D eigenvalue weighted by Gasteiger charge is -2.24. The molecule has 4 nitrogen and oxygen atoms in total. The van der Waals surface area contributed by atoms with Crippen molar-refractivity contribution in [2.75, 3.05) is 0 Å². The molecule has 0 saturated carbocycles. The number of carbonyl (C=O) groups is 2. The van der Waals surface area contributed by atoms with Gasteiger partial charge in [0.2, 0.25) is 0 Å².